The monoisotopic (exact) mass is 403 g/mol. The number of anilines is 1. The number of nitro benzene ring substituents is 1. The minimum absolute atomic E-state index is 0.0363. The summed E-state index contributed by atoms with van der Waals surface area (Å²) in [5.74, 6) is -0.438. The van der Waals surface area contributed by atoms with Crippen LogP contribution >= 0.6 is 0 Å². The maximum Gasteiger partial charge on any atom is 0.305 e. The van der Waals surface area contributed by atoms with Crippen molar-refractivity contribution in [3.63, 3.8) is 0 Å². The molecule has 0 saturated carbocycles. The number of nitro groups is 1. The predicted octanol–water partition coefficient (Wildman–Crippen LogP) is 2.91. The van der Waals surface area contributed by atoms with Crippen LogP contribution in [0.15, 0.2) is 42.5 Å². The summed E-state index contributed by atoms with van der Waals surface area (Å²) in [6.45, 7) is 1.34. The largest absolute Gasteiger partial charge is 0.497 e. The molecule has 0 atom stereocenters. The summed E-state index contributed by atoms with van der Waals surface area (Å²) in [6.07, 6.45) is 1.59. The molecule has 1 N–H and O–H groups in total. The van der Waals surface area contributed by atoms with Crippen LogP contribution in [0.25, 0.3) is 0 Å². The quantitative estimate of drug-likeness (QED) is 0.564. The van der Waals surface area contributed by atoms with Crippen LogP contribution in [-0.4, -0.2) is 43.7 Å². The van der Waals surface area contributed by atoms with Gasteiger partial charge in [-0.05, 0) is 43.2 Å². The summed E-state index contributed by atoms with van der Waals surface area (Å²) < 4.78 is 24.0. The number of nitrogens with zero attached hydrogens (tertiary/aromatic N) is 2. The van der Waals surface area contributed by atoms with E-state index in [1.165, 1.54) is 6.07 Å². The van der Waals surface area contributed by atoms with Crippen molar-refractivity contribution in [1.29, 1.82) is 0 Å². The minimum atomic E-state index is -1.00. The van der Waals surface area contributed by atoms with Crippen molar-refractivity contribution in [2.24, 2.45) is 0 Å². The van der Waals surface area contributed by atoms with Crippen molar-refractivity contribution >= 4 is 17.3 Å². The first kappa shape index (κ1) is 20.4. The summed E-state index contributed by atoms with van der Waals surface area (Å²) in [4.78, 5) is 24.1. The van der Waals surface area contributed by atoms with Gasteiger partial charge in [0.1, 0.15) is 11.5 Å². The van der Waals surface area contributed by atoms with Crippen LogP contribution in [0.5, 0.6) is 11.5 Å². The molecule has 154 valence electrons. The number of nitrogens with one attached hydrogen (secondary N) is 1. The molecule has 29 heavy (non-hydrogen) atoms. The topological polar surface area (TPSA) is 93.9 Å². The van der Waals surface area contributed by atoms with Crippen LogP contribution < -0.4 is 19.7 Å². The zero-order valence-electron chi connectivity index (χ0n) is 16.0. The van der Waals surface area contributed by atoms with E-state index in [2.05, 4.69) is 10.2 Å². The van der Waals surface area contributed by atoms with Crippen LogP contribution in [0.2, 0.25) is 0 Å². The third kappa shape index (κ3) is 5.34. The second kappa shape index (κ2) is 9.22. The summed E-state index contributed by atoms with van der Waals surface area (Å²) in [6, 6.07) is 11.1. The van der Waals surface area contributed by atoms with Gasteiger partial charge in [-0.3, -0.25) is 14.9 Å². The number of benzene rings is 2. The highest BCUT2D eigenvalue weighted by molar-refractivity contribution is 5.77. The van der Waals surface area contributed by atoms with Crippen molar-refractivity contribution in [2.45, 2.75) is 18.9 Å². The number of methoxy groups -OCH3 is 1. The molecule has 1 aliphatic rings. The Morgan fingerprint density at radius 1 is 1.21 bits per heavy atom. The van der Waals surface area contributed by atoms with Gasteiger partial charge in [0.25, 0.3) is 5.91 Å². The van der Waals surface area contributed by atoms with Gasteiger partial charge in [-0.15, -0.1) is 0 Å². The number of hydrogen-bond donors (Lipinski definition) is 1. The van der Waals surface area contributed by atoms with Crippen molar-refractivity contribution in [3.8, 4) is 11.5 Å². The van der Waals surface area contributed by atoms with Gasteiger partial charge in [-0.25, -0.2) is 0 Å². The smallest absolute Gasteiger partial charge is 0.305 e. The van der Waals surface area contributed by atoms with Gasteiger partial charge in [0, 0.05) is 37.0 Å². The second-order valence-electron chi connectivity index (χ2n) is 6.69. The number of rotatable bonds is 7. The molecule has 8 nitrogen and oxygen atoms in total. The minimum Gasteiger partial charge on any atom is -0.497 e. The molecule has 0 bridgehead atoms. The number of halogens is 1. The summed E-state index contributed by atoms with van der Waals surface area (Å²) in [5.41, 5.74) is 0.476. The lowest BCUT2D eigenvalue weighted by Gasteiger charge is -2.34. The molecule has 1 fully saturated rings. The van der Waals surface area contributed by atoms with Gasteiger partial charge < -0.3 is 19.7 Å². The highest BCUT2D eigenvalue weighted by Gasteiger charge is 2.21. The van der Waals surface area contributed by atoms with Gasteiger partial charge in [0.2, 0.25) is 5.82 Å². The van der Waals surface area contributed by atoms with Crippen molar-refractivity contribution in [1.82, 2.24) is 5.32 Å². The number of carbonyl (C=O) groups is 1. The first-order valence-corrected chi connectivity index (χ1v) is 9.21. The Bertz CT molecular complexity index is 867. The fourth-order valence-corrected chi connectivity index (χ4v) is 3.22. The average Bonchev–Trinajstić information content (AvgIpc) is 2.73. The molecule has 0 radical (unpaired) electrons. The molecule has 2 aromatic carbocycles. The Kier molecular flexibility index (Phi) is 6.48. The van der Waals surface area contributed by atoms with Crippen LogP contribution in [0, 0.1) is 15.9 Å². The van der Waals surface area contributed by atoms with Crippen molar-refractivity contribution in [2.75, 3.05) is 31.7 Å². The molecule has 1 heterocycles. The van der Waals surface area contributed by atoms with Crippen molar-refractivity contribution in [3.05, 3.63) is 58.4 Å². The van der Waals surface area contributed by atoms with Crippen LogP contribution in [0.4, 0.5) is 15.8 Å². The Labute approximate surface area is 167 Å². The third-order valence-electron chi connectivity index (χ3n) is 4.78. The van der Waals surface area contributed by atoms with Crippen LogP contribution in [0.1, 0.15) is 12.8 Å². The van der Waals surface area contributed by atoms with Crippen LogP contribution in [0.3, 0.4) is 0 Å². The summed E-state index contributed by atoms with van der Waals surface area (Å²) in [5, 5.41) is 13.5. The maximum absolute atomic E-state index is 13.6. The number of ether oxygens (including phenoxy) is 2. The van der Waals surface area contributed by atoms with E-state index in [-0.39, 0.29) is 24.3 Å². The normalized spacial score (nSPS) is 14.3. The molecule has 2 aromatic rings. The Morgan fingerprint density at radius 2 is 1.86 bits per heavy atom. The highest BCUT2D eigenvalue weighted by atomic mass is 19.1. The molecule has 1 saturated heterocycles. The van der Waals surface area contributed by atoms with Gasteiger partial charge in [-0.2, -0.15) is 4.39 Å². The highest BCUT2D eigenvalue weighted by Crippen LogP contribution is 2.24. The SMILES string of the molecule is COc1ccc(N2CCC(NC(=O)COc3ccc([N+](=O)[O-])c(F)c3)CC2)cc1. The fraction of sp³-hybridized carbons (Fsp3) is 0.350. The molecule has 1 aliphatic heterocycles. The van der Waals surface area contributed by atoms with Gasteiger partial charge >= 0.3 is 5.69 Å². The molecular formula is C20H22FN3O5. The van der Waals surface area contributed by atoms with Gasteiger partial charge in [-0.1, -0.05) is 0 Å². The molecular weight excluding hydrogens is 381 g/mol. The average molecular weight is 403 g/mol. The summed E-state index contributed by atoms with van der Waals surface area (Å²) >= 11 is 0. The molecule has 0 aromatic heterocycles. The van der Waals surface area contributed by atoms with Gasteiger partial charge in [0.15, 0.2) is 6.61 Å². The van der Waals surface area contributed by atoms with E-state index in [0.29, 0.717) is 0 Å². The fourth-order valence-electron chi connectivity index (χ4n) is 3.22. The van der Waals surface area contributed by atoms with E-state index in [9.17, 15) is 19.3 Å². The van der Waals surface area contributed by atoms with Gasteiger partial charge in [0.05, 0.1) is 12.0 Å². The molecule has 0 unspecified atom stereocenters. The Hall–Kier alpha value is -3.36. The third-order valence-corrected chi connectivity index (χ3v) is 4.78. The van der Waals surface area contributed by atoms with E-state index >= 15 is 0 Å². The van der Waals surface area contributed by atoms with E-state index < -0.39 is 16.4 Å². The number of hydrogen-bond acceptors (Lipinski definition) is 6. The molecule has 0 aliphatic carbocycles. The first-order chi connectivity index (χ1) is 14.0. The zero-order valence-corrected chi connectivity index (χ0v) is 16.0. The second-order valence-corrected chi connectivity index (χ2v) is 6.69. The lowest BCUT2D eigenvalue weighted by molar-refractivity contribution is -0.387. The Morgan fingerprint density at radius 3 is 2.45 bits per heavy atom. The van der Waals surface area contributed by atoms with Crippen molar-refractivity contribution < 1.29 is 23.6 Å². The maximum atomic E-state index is 13.6. The molecule has 3 rings (SSSR count). The standard InChI is InChI=1S/C20H22FN3O5/c1-28-16-4-2-15(3-5-16)23-10-8-14(9-11-23)22-20(25)13-29-17-6-7-19(24(26)27)18(21)12-17/h2-7,12,14H,8-11,13H2,1H3,(H,22,25). The van der Waals surface area contributed by atoms with E-state index in [4.69, 9.17) is 9.47 Å². The van der Waals surface area contributed by atoms with Crippen LogP contribution in [-0.2, 0) is 4.79 Å². The molecule has 9 heteroatoms. The number of carbonyl (C=O) groups excluding carboxylic acids is 1. The Balaban J connectivity index is 1.43. The first-order valence-electron chi connectivity index (χ1n) is 9.21. The zero-order chi connectivity index (χ0) is 20.8. The molecule has 1 amide bonds. The van der Waals surface area contributed by atoms with E-state index in [0.717, 1.165) is 49.5 Å². The number of amides is 1. The van der Waals surface area contributed by atoms with E-state index in [1.807, 2.05) is 24.3 Å². The summed E-state index contributed by atoms with van der Waals surface area (Å²) in [7, 11) is 1.63. The lowest BCUT2D eigenvalue weighted by Crippen LogP contribution is -2.46. The predicted molar refractivity (Wildman–Crippen MR) is 105 cm³/mol. The molecule has 0 spiro atoms. The number of piperidine rings is 1. The lowest BCUT2D eigenvalue weighted by atomic mass is 10.0. The van der Waals surface area contributed by atoms with E-state index in [1.54, 1.807) is 7.11 Å².